The molecular formula is C13H17ClN2O2S. The highest BCUT2D eigenvalue weighted by Crippen LogP contribution is 2.40. The van der Waals surface area contributed by atoms with E-state index in [0.717, 1.165) is 12.8 Å². The molecule has 0 radical (unpaired) electrons. The Morgan fingerprint density at radius 3 is 2.42 bits per heavy atom. The van der Waals surface area contributed by atoms with Crippen molar-refractivity contribution < 1.29 is 8.42 Å². The molecule has 2 aliphatic rings. The summed E-state index contributed by atoms with van der Waals surface area (Å²) in [5.41, 5.74) is 6.03. The molecule has 4 nitrogen and oxygen atoms in total. The first kappa shape index (κ1) is 13.2. The number of fused-ring (bicyclic) bond motifs is 1. The van der Waals surface area contributed by atoms with Gasteiger partial charge in [-0.25, -0.2) is 8.42 Å². The monoisotopic (exact) mass is 300 g/mol. The summed E-state index contributed by atoms with van der Waals surface area (Å²) in [5.74, 6) is 1.06. The summed E-state index contributed by atoms with van der Waals surface area (Å²) in [4.78, 5) is 0.178. The third-order valence-electron chi connectivity index (χ3n) is 4.28. The van der Waals surface area contributed by atoms with E-state index in [1.54, 1.807) is 10.4 Å². The largest absolute Gasteiger partial charge is 0.398 e. The third-order valence-corrected chi connectivity index (χ3v) is 6.42. The van der Waals surface area contributed by atoms with E-state index in [-0.39, 0.29) is 10.6 Å². The highest BCUT2D eigenvalue weighted by Gasteiger charge is 2.41. The molecule has 3 rings (SSSR count). The van der Waals surface area contributed by atoms with Crippen LogP contribution in [0.3, 0.4) is 0 Å². The van der Waals surface area contributed by atoms with Crippen LogP contribution in [0.15, 0.2) is 23.1 Å². The highest BCUT2D eigenvalue weighted by molar-refractivity contribution is 7.89. The van der Waals surface area contributed by atoms with Crippen molar-refractivity contribution in [2.24, 2.45) is 11.8 Å². The molecule has 0 spiro atoms. The van der Waals surface area contributed by atoms with Crippen molar-refractivity contribution in [3.8, 4) is 0 Å². The fourth-order valence-electron chi connectivity index (χ4n) is 3.28. The van der Waals surface area contributed by atoms with E-state index in [4.69, 9.17) is 17.3 Å². The van der Waals surface area contributed by atoms with Gasteiger partial charge in [-0.2, -0.15) is 4.31 Å². The van der Waals surface area contributed by atoms with E-state index >= 15 is 0 Å². The van der Waals surface area contributed by atoms with E-state index in [9.17, 15) is 8.42 Å². The molecule has 2 atom stereocenters. The number of sulfonamides is 1. The Hall–Kier alpha value is -0.780. The van der Waals surface area contributed by atoms with Crippen molar-refractivity contribution in [1.82, 2.24) is 4.31 Å². The van der Waals surface area contributed by atoms with Gasteiger partial charge in [-0.05, 0) is 42.9 Å². The van der Waals surface area contributed by atoms with Gasteiger partial charge in [-0.3, -0.25) is 0 Å². The number of rotatable bonds is 2. The van der Waals surface area contributed by atoms with Crippen LogP contribution >= 0.6 is 11.6 Å². The molecule has 1 heterocycles. The second-order valence-electron chi connectivity index (χ2n) is 5.46. The van der Waals surface area contributed by atoms with E-state index < -0.39 is 10.0 Å². The molecule has 1 saturated carbocycles. The Morgan fingerprint density at radius 2 is 1.84 bits per heavy atom. The Kier molecular flexibility index (Phi) is 3.23. The number of nitrogens with two attached hydrogens (primary N) is 1. The van der Waals surface area contributed by atoms with Gasteiger partial charge < -0.3 is 5.73 Å². The zero-order chi connectivity index (χ0) is 13.6. The molecule has 6 heteroatoms. The summed E-state index contributed by atoms with van der Waals surface area (Å²) in [7, 11) is -3.48. The molecule has 0 aromatic heterocycles. The Morgan fingerprint density at radius 1 is 1.21 bits per heavy atom. The molecule has 1 aromatic rings. The fourth-order valence-corrected chi connectivity index (χ4v) is 5.11. The zero-order valence-corrected chi connectivity index (χ0v) is 12.1. The number of nitrogen functional groups attached to an aromatic ring is 1. The smallest absolute Gasteiger partial charge is 0.245 e. The highest BCUT2D eigenvalue weighted by atomic mass is 35.5. The predicted molar refractivity (Wildman–Crippen MR) is 75.5 cm³/mol. The minimum atomic E-state index is -3.48. The van der Waals surface area contributed by atoms with Crippen LogP contribution < -0.4 is 5.73 Å². The van der Waals surface area contributed by atoms with Gasteiger partial charge in [0.1, 0.15) is 4.90 Å². The molecule has 1 aromatic carbocycles. The summed E-state index contributed by atoms with van der Waals surface area (Å²) < 4.78 is 26.8. The van der Waals surface area contributed by atoms with Crippen molar-refractivity contribution in [1.29, 1.82) is 0 Å². The lowest BCUT2D eigenvalue weighted by Crippen LogP contribution is -2.30. The molecule has 0 amide bonds. The SMILES string of the molecule is Nc1cc(Cl)ccc1S(=O)(=O)N1CC2CCCC2C1. The maximum absolute atomic E-state index is 12.6. The van der Waals surface area contributed by atoms with Crippen LogP contribution in [-0.2, 0) is 10.0 Å². The summed E-state index contributed by atoms with van der Waals surface area (Å²) in [6.07, 6.45) is 3.52. The van der Waals surface area contributed by atoms with Crippen LogP contribution in [0.25, 0.3) is 0 Å². The van der Waals surface area contributed by atoms with Crippen molar-refractivity contribution in [3.05, 3.63) is 23.2 Å². The Labute approximate surface area is 118 Å². The van der Waals surface area contributed by atoms with Crippen molar-refractivity contribution in [2.75, 3.05) is 18.8 Å². The van der Waals surface area contributed by atoms with E-state index in [1.165, 1.54) is 18.6 Å². The summed E-state index contributed by atoms with van der Waals surface area (Å²) in [6, 6.07) is 4.56. The molecule has 1 aliphatic carbocycles. The first-order valence-corrected chi connectivity index (χ1v) is 8.35. The van der Waals surface area contributed by atoms with Gasteiger partial charge in [0, 0.05) is 18.1 Å². The lowest BCUT2D eigenvalue weighted by molar-refractivity contribution is 0.446. The maximum atomic E-state index is 12.6. The summed E-state index contributed by atoms with van der Waals surface area (Å²) in [5, 5.41) is 0.453. The molecule has 1 aliphatic heterocycles. The quantitative estimate of drug-likeness (QED) is 0.853. The Balaban J connectivity index is 1.91. The molecule has 2 unspecified atom stereocenters. The first-order chi connectivity index (χ1) is 8.98. The average molecular weight is 301 g/mol. The second kappa shape index (κ2) is 4.65. The lowest BCUT2D eigenvalue weighted by atomic mass is 10.0. The van der Waals surface area contributed by atoms with Crippen molar-refractivity contribution in [2.45, 2.75) is 24.2 Å². The minimum Gasteiger partial charge on any atom is -0.398 e. The molecule has 104 valence electrons. The van der Waals surface area contributed by atoms with Crippen molar-refractivity contribution in [3.63, 3.8) is 0 Å². The fraction of sp³-hybridized carbons (Fsp3) is 0.538. The standard InChI is InChI=1S/C13H17ClN2O2S/c14-11-4-5-13(12(15)6-11)19(17,18)16-7-9-2-1-3-10(9)8-16/h4-6,9-10H,1-3,7-8,15H2. The summed E-state index contributed by atoms with van der Waals surface area (Å²) in [6.45, 7) is 1.27. The van der Waals surface area contributed by atoms with Gasteiger partial charge >= 0.3 is 0 Å². The third kappa shape index (κ3) is 2.24. The number of nitrogens with zero attached hydrogens (tertiary/aromatic N) is 1. The Bertz CT molecular complexity index is 591. The van der Waals surface area contributed by atoms with Gasteiger partial charge in [0.2, 0.25) is 10.0 Å². The van der Waals surface area contributed by atoms with Crippen molar-refractivity contribution >= 4 is 27.3 Å². The normalized spacial score (nSPS) is 27.6. The predicted octanol–water partition coefficient (Wildman–Crippen LogP) is 2.34. The van der Waals surface area contributed by atoms with E-state index in [1.807, 2.05) is 0 Å². The number of hydrogen-bond donors (Lipinski definition) is 1. The second-order valence-corrected chi connectivity index (χ2v) is 7.80. The minimum absolute atomic E-state index is 0.178. The molecular weight excluding hydrogens is 284 g/mol. The van der Waals surface area contributed by atoms with Gasteiger partial charge in [-0.1, -0.05) is 18.0 Å². The van der Waals surface area contributed by atoms with Crippen LogP contribution in [0.2, 0.25) is 5.02 Å². The van der Waals surface area contributed by atoms with Gasteiger partial charge in [0.25, 0.3) is 0 Å². The lowest BCUT2D eigenvalue weighted by Gasteiger charge is -2.18. The van der Waals surface area contributed by atoms with Crippen LogP contribution in [0.4, 0.5) is 5.69 Å². The number of anilines is 1. The molecule has 2 N–H and O–H groups in total. The molecule has 19 heavy (non-hydrogen) atoms. The van der Waals surface area contributed by atoms with Crippen LogP contribution in [-0.4, -0.2) is 25.8 Å². The van der Waals surface area contributed by atoms with Crippen LogP contribution in [0.5, 0.6) is 0 Å². The van der Waals surface area contributed by atoms with Gasteiger partial charge in [0.15, 0.2) is 0 Å². The number of hydrogen-bond acceptors (Lipinski definition) is 3. The average Bonchev–Trinajstić information content (AvgIpc) is 2.87. The van der Waals surface area contributed by atoms with Crippen LogP contribution in [0.1, 0.15) is 19.3 Å². The molecule has 2 fully saturated rings. The zero-order valence-electron chi connectivity index (χ0n) is 10.5. The first-order valence-electron chi connectivity index (χ1n) is 6.53. The van der Waals surface area contributed by atoms with Gasteiger partial charge in [-0.15, -0.1) is 0 Å². The maximum Gasteiger partial charge on any atom is 0.245 e. The van der Waals surface area contributed by atoms with Crippen LogP contribution in [0, 0.1) is 11.8 Å². The van der Waals surface area contributed by atoms with Gasteiger partial charge in [0.05, 0.1) is 5.69 Å². The van der Waals surface area contributed by atoms with E-state index in [0.29, 0.717) is 29.9 Å². The molecule has 1 saturated heterocycles. The number of halogens is 1. The van der Waals surface area contributed by atoms with E-state index in [2.05, 4.69) is 0 Å². The topological polar surface area (TPSA) is 63.4 Å². The summed E-state index contributed by atoms with van der Waals surface area (Å²) >= 11 is 5.82. The number of benzene rings is 1. The molecule has 0 bridgehead atoms.